The molecule has 408 valence electrons. The van der Waals surface area contributed by atoms with Crippen molar-refractivity contribution in [3.8, 4) is 0 Å². The quantitative estimate of drug-likeness (QED) is 0.0420. The van der Waals surface area contributed by atoms with Crippen LogP contribution in [0.25, 0.3) is 0 Å². The second-order valence-corrected chi connectivity index (χ2v) is 21.8. The molecule has 0 radical (unpaired) electrons. The van der Waals surface area contributed by atoms with Crippen LogP contribution in [-0.2, 0) is 4.79 Å². The summed E-state index contributed by atoms with van der Waals surface area (Å²) in [6.45, 7) is 4.34. The van der Waals surface area contributed by atoms with Gasteiger partial charge in [-0.1, -0.05) is 326 Å². The van der Waals surface area contributed by atoms with Crippen LogP contribution in [0, 0.1) is 0 Å². The third-order valence-corrected chi connectivity index (χ3v) is 14.8. The van der Waals surface area contributed by atoms with Crippen molar-refractivity contribution in [2.75, 3.05) is 6.61 Å². The average Bonchev–Trinajstić information content (AvgIpc) is 3.35. The van der Waals surface area contributed by atoms with Gasteiger partial charge in [0.25, 0.3) is 0 Å². The lowest BCUT2D eigenvalue weighted by molar-refractivity contribution is -0.123. The van der Waals surface area contributed by atoms with Crippen molar-refractivity contribution in [1.82, 2.24) is 5.32 Å². The van der Waals surface area contributed by atoms with Gasteiger partial charge in [0.2, 0.25) is 5.91 Å². The molecule has 0 aliphatic carbocycles. The van der Waals surface area contributed by atoms with E-state index in [0.717, 1.165) is 32.1 Å². The number of unbranched alkanes of at least 4 members (excludes halogenated alkanes) is 48. The lowest BCUT2D eigenvalue weighted by Gasteiger charge is -2.19. The van der Waals surface area contributed by atoms with Crippen LogP contribution in [0.1, 0.15) is 354 Å². The summed E-state index contributed by atoms with van der Waals surface area (Å²) >= 11 is 0. The molecule has 1 amide bonds. The van der Waals surface area contributed by atoms with Crippen LogP contribution < -0.4 is 5.32 Å². The van der Waals surface area contributed by atoms with Gasteiger partial charge in [-0.05, 0) is 57.8 Å². The Balaban J connectivity index is 3.45. The monoisotopic (exact) mass is 968 g/mol. The fourth-order valence-electron chi connectivity index (χ4n) is 10.0. The number of allylic oxidation sites excluding steroid dienone is 5. The normalized spacial score (nSPS) is 12.9. The van der Waals surface area contributed by atoms with Gasteiger partial charge in [-0.2, -0.15) is 0 Å². The van der Waals surface area contributed by atoms with E-state index in [-0.39, 0.29) is 12.5 Å². The van der Waals surface area contributed by atoms with Gasteiger partial charge in [0.15, 0.2) is 0 Å². The van der Waals surface area contributed by atoms with Gasteiger partial charge in [0.1, 0.15) is 0 Å². The molecule has 4 heteroatoms. The van der Waals surface area contributed by atoms with Gasteiger partial charge in [-0.25, -0.2) is 0 Å². The van der Waals surface area contributed by atoms with E-state index in [1.807, 2.05) is 6.08 Å². The first-order chi connectivity index (χ1) is 34.2. The molecule has 0 saturated carbocycles. The molecule has 2 atom stereocenters. The lowest BCUT2D eigenvalue weighted by atomic mass is 10.0. The molecule has 4 nitrogen and oxygen atoms in total. The molecular formula is C65H125NO3. The Hall–Kier alpha value is -1.39. The molecule has 0 fully saturated rings. The summed E-state index contributed by atoms with van der Waals surface area (Å²) < 4.78 is 0. The van der Waals surface area contributed by atoms with Crippen LogP contribution >= 0.6 is 0 Å². The molecule has 0 rings (SSSR count). The van der Waals surface area contributed by atoms with E-state index in [1.165, 1.54) is 302 Å². The van der Waals surface area contributed by atoms with Gasteiger partial charge in [0.05, 0.1) is 18.8 Å². The number of nitrogens with one attached hydrogen (secondary N) is 1. The second kappa shape index (κ2) is 60.9. The average molecular weight is 969 g/mol. The highest BCUT2D eigenvalue weighted by atomic mass is 16.3. The Morgan fingerprint density at radius 2 is 0.565 bits per heavy atom. The smallest absolute Gasteiger partial charge is 0.220 e. The van der Waals surface area contributed by atoms with Gasteiger partial charge >= 0.3 is 0 Å². The zero-order valence-corrected chi connectivity index (χ0v) is 47.1. The number of rotatable bonds is 59. The van der Waals surface area contributed by atoms with Crippen LogP contribution in [-0.4, -0.2) is 34.9 Å². The third kappa shape index (κ3) is 57.4. The molecule has 2 unspecified atom stereocenters. The summed E-state index contributed by atoms with van der Waals surface area (Å²) in [4.78, 5) is 12.5. The number of hydrogen-bond donors (Lipinski definition) is 3. The van der Waals surface area contributed by atoms with Crippen molar-refractivity contribution in [2.45, 2.75) is 366 Å². The largest absolute Gasteiger partial charge is 0.394 e. The maximum atomic E-state index is 12.5. The number of aliphatic hydroxyl groups excluding tert-OH is 2. The minimum atomic E-state index is -0.862. The Kier molecular flexibility index (Phi) is 59.7. The predicted molar refractivity (Wildman–Crippen MR) is 308 cm³/mol. The van der Waals surface area contributed by atoms with Crippen molar-refractivity contribution in [3.63, 3.8) is 0 Å². The summed E-state index contributed by atoms with van der Waals surface area (Å²) in [5, 5.41) is 23.2. The summed E-state index contributed by atoms with van der Waals surface area (Å²) in [5.41, 5.74) is 0. The van der Waals surface area contributed by atoms with Crippen LogP contribution in [0.4, 0.5) is 0 Å². The third-order valence-electron chi connectivity index (χ3n) is 14.8. The Morgan fingerprint density at radius 1 is 0.333 bits per heavy atom. The topological polar surface area (TPSA) is 69.6 Å². The molecule has 0 bridgehead atoms. The first-order valence-electron chi connectivity index (χ1n) is 31.7. The van der Waals surface area contributed by atoms with Crippen molar-refractivity contribution in [3.05, 3.63) is 36.5 Å². The highest BCUT2D eigenvalue weighted by molar-refractivity contribution is 5.76. The van der Waals surface area contributed by atoms with Gasteiger partial charge in [-0.15, -0.1) is 0 Å². The molecule has 0 spiro atoms. The first kappa shape index (κ1) is 67.6. The molecule has 0 aromatic rings. The van der Waals surface area contributed by atoms with Crippen LogP contribution in [0.2, 0.25) is 0 Å². The van der Waals surface area contributed by atoms with Gasteiger partial charge in [-0.3, -0.25) is 4.79 Å². The number of hydrogen-bond acceptors (Lipinski definition) is 3. The summed E-state index contributed by atoms with van der Waals surface area (Å²) in [7, 11) is 0. The highest BCUT2D eigenvalue weighted by Gasteiger charge is 2.18. The molecule has 0 aromatic carbocycles. The molecule has 0 saturated heterocycles. The fraction of sp³-hybridized carbons (Fsp3) is 0.892. The standard InChI is InChI=1S/C65H125NO3/c1-3-5-7-9-11-13-15-17-19-21-23-25-27-29-30-31-32-33-34-35-36-37-39-41-43-45-47-49-51-53-55-57-59-61-65(69)66-63(62-67)64(68)60-58-56-54-52-50-48-46-44-42-40-38-28-26-24-22-20-18-16-14-12-10-8-6-4-2/h21,23,50,52,58,60,63-64,67-68H,3-20,22,24-49,51,53-57,59,61-62H2,1-2H3,(H,66,69)/b23-21-,52-50+,60-58+. The zero-order chi connectivity index (χ0) is 49.9. The second-order valence-electron chi connectivity index (χ2n) is 21.8. The van der Waals surface area contributed by atoms with Crippen molar-refractivity contribution in [1.29, 1.82) is 0 Å². The summed E-state index contributed by atoms with van der Waals surface area (Å²) in [6.07, 6.45) is 83.5. The van der Waals surface area contributed by atoms with E-state index in [2.05, 4.69) is 43.5 Å². The zero-order valence-electron chi connectivity index (χ0n) is 47.1. The van der Waals surface area contributed by atoms with Crippen LogP contribution in [0.15, 0.2) is 36.5 Å². The lowest BCUT2D eigenvalue weighted by Crippen LogP contribution is -2.45. The van der Waals surface area contributed by atoms with Crippen molar-refractivity contribution in [2.24, 2.45) is 0 Å². The maximum Gasteiger partial charge on any atom is 0.220 e. The van der Waals surface area contributed by atoms with Gasteiger partial charge < -0.3 is 15.5 Å². The Bertz CT molecular complexity index is 1050. The number of carbonyl (C=O) groups excluding carboxylic acids is 1. The minimum absolute atomic E-state index is 0.0666. The predicted octanol–water partition coefficient (Wildman–Crippen LogP) is 21.2. The van der Waals surface area contributed by atoms with E-state index in [4.69, 9.17) is 0 Å². The molecule has 0 aromatic heterocycles. The maximum absolute atomic E-state index is 12.5. The molecular weight excluding hydrogens is 843 g/mol. The number of amides is 1. The van der Waals surface area contributed by atoms with Crippen molar-refractivity contribution < 1.29 is 15.0 Å². The molecule has 0 aliphatic heterocycles. The first-order valence-corrected chi connectivity index (χ1v) is 31.7. The Morgan fingerprint density at radius 3 is 0.841 bits per heavy atom. The Labute approximate surface area is 433 Å². The highest BCUT2D eigenvalue weighted by Crippen LogP contribution is 2.18. The summed E-state index contributed by atoms with van der Waals surface area (Å²) in [6, 6.07) is -0.638. The molecule has 3 N–H and O–H groups in total. The van der Waals surface area contributed by atoms with E-state index < -0.39 is 12.1 Å². The van der Waals surface area contributed by atoms with Crippen molar-refractivity contribution >= 4 is 5.91 Å². The molecule has 0 heterocycles. The van der Waals surface area contributed by atoms with E-state index in [1.54, 1.807) is 6.08 Å². The molecule has 0 aliphatic rings. The number of carbonyl (C=O) groups is 1. The SMILES string of the molecule is CCCCCCCCCC/C=C\CCCCCCCCCCCCCCCCCCCCCCCC(=O)NC(CO)C(O)/C=C/CC/C=C/CCCCCCCCCCCCCCCCCCCC. The van der Waals surface area contributed by atoms with E-state index in [9.17, 15) is 15.0 Å². The number of aliphatic hydroxyl groups is 2. The summed E-state index contributed by atoms with van der Waals surface area (Å²) in [5.74, 6) is -0.0666. The van der Waals surface area contributed by atoms with E-state index in [0.29, 0.717) is 6.42 Å². The minimum Gasteiger partial charge on any atom is -0.394 e. The van der Waals surface area contributed by atoms with Crippen LogP contribution in [0.5, 0.6) is 0 Å². The fourth-order valence-corrected chi connectivity index (χ4v) is 10.0. The van der Waals surface area contributed by atoms with E-state index >= 15 is 0 Å². The van der Waals surface area contributed by atoms with Crippen LogP contribution in [0.3, 0.4) is 0 Å². The molecule has 69 heavy (non-hydrogen) atoms. The van der Waals surface area contributed by atoms with Gasteiger partial charge in [0, 0.05) is 6.42 Å².